The summed E-state index contributed by atoms with van der Waals surface area (Å²) in [6.45, 7) is -0.480. The monoisotopic (exact) mass is 394 g/mol. The summed E-state index contributed by atoms with van der Waals surface area (Å²) < 4.78 is 42.5. The molecule has 1 saturated heterocycles. The van der Waals surface area contributed by atoms with Crippen LogP contribution in [0.4, 0.5) is 23.8 Å². The van der Waals surface area contributed by atoms with Gasteiger partial charge in [0.05, 0.1) is 12.7 Å². The molecule has 1 N–H and O–H groups in total. The van der Waals surface area contributed by atoms with Crippen molar-refractivity contribution in [2.75, 3.05) is 31.6 Å². The van der Waals surface area contributed by atoms with Crippen LogP contribution in [0.3, 0.4) is 0 Å². The number of nitrogens with zero attached hydrogens (tertiary/aromatic N) is 5. The van der Waals surface area contributed by atoms with E-state index < -0.39 is 24.9 Å². The highest BCUT2D eigenvalue weighted by Gasteiger charge is 2.34. The number of alkyl halides is 3. The standard InChI is InChI=1S/C17H17F3N6O2/c1-25(9-17(18,19)20)16(27)28-11-3-5-26(8-11)15-13-10(7-23-24-15)6-22-14-12(13)2-4-21-14/h2,4,6-7,11H,3,5,8-9H2,1H3,(H,21,22). The van der Waals surface area contributed by atoms with E-state index in [0.717, 1.165) is 28.9 Å². The van der Waals surface area contributed by atoms with E-state index in [-0.39, 0.29) is 0 Å². The maximum absolute atomic E-state index is 12.4. The number of halogens is 3. The van der Waals surface area contributed by atoms with E-state index in [1.54, 1.807) is 18.6 Å². The minimum Gasteiger partial charge on any atom is -0.444 e. The van der Waals surface area contributed by atoms with Gasteiger partial charge in [-0.05, 0) is 6.07 Å². The van der Waals surface area contributed by atoms with Gasteiger partial charge in [0.15, 0.2) is 5.82 Å². The minimum absolute atomic E-state index is 0.327. The van der Waals surface area contributed by atoms with E-state index in [4.69, 9.17) is 4.74 Å². The minimum atomic E-state index is -4.47. The number of H-pyrrole nitrogens is 1. The molecule has 3 aromatic rings. The van der Waals surface area contributed by atoms with Gasteiger partial charge in [-0.15, -0.1) is 5.10 Å². The van der Waals surface area contributed by atoms with Crippen LogP contribution in [0, 0.1) is 0 Å². The van der Waals surface area contributed by atoms with E-state index in [2.05, 4.69) is 20.2 Å². The van der Waals surface area contributed by atoms with Crippen LogP contribution in [0.5, 0.6) is 0 Å². The third-order valence-corrected chi connectivity index (χ3v) is 4.63. The zero-order chi connectivity index (χ0) is 19.9. The molecule has 11 heteroatoms. The normalized spacial score (nSPS) is 17.4. The highest BCUT2D eigenvalue weighted by atomic mass is 19.4. The molecule has 0 spiro atoms. The van der Waals surface area contributed by atoms with Gasteiger partial charge >= 0.3 is 12.3 Å². The number of hydrogen-bond acceptors (Lipinski definition) is 6. The first-order valence-corrected chi connectivity index (χ1v) is 8.63. The number of aromatic amines is 1. The molecular formula is C17H17F3N6O2. The third-order valence-electron chi connectivity index (χ3n) is 4.63. The lowest BCUT2D eigenvalue weighted by atomic mass is 10.1. The molecule has 4 heterocycles. The first kappa shape index (κ1) is 18.3. The number of rotatable bonds is 3. The number of hydrogen-bond donors (Lipinski definition) is 1. The summed E-state index contributed by atoms with van der Waals surface area (Å²) in [7, 11) is 1.06. The van der Waals surface area contributed by atoms with Crippen molar-refractivity contribution >= 4 is 33.7 Å². The zero-order valence-corrected chi connectivity index (χ0v) is 14.9. The quantitative estimate of drug-likeness (QED) is 0.735. The van der Waals surface area contributed by atoms with Gasteiger partial charge in [0.2, 0.25) is 0 Å². The van der Waals surface area contributed by atoms with Gasteiger partial charge in [-0.3, -0.25) is 0 Å². The first-order chi connectivity index (χ1) is 13.3. The van der Waals surface area contributed by atoms with Crippen LogP contribution in [-0.4, -0.2) is 70.1 Å². The van der Waals surface area contributed by atoms with E-state index in [1.165, 1.54) is 0 Å². The number of pyridine rings is 1. The van der Waals surface area contributed by atoms with Crippen molar-refractivity contribution in [3.8, 4) is 0 Å². The molecule has 0 radical (unpaired) electrons. The Hall–Kier alpha value is -3.11. The first-order valence-electron chi connectivity index (χ1n) is 8.63. The number of anilines is 1. The largest absolute Gasteiger partial charge is 0.444 e. The predicted molar refractivity (Wildman–Crippen MR) is 95.0 cm³/mol. The van der Waals surface area contributed by atoms with Crippen LogP contribution >= 0.6 is 0 Å². The molecule has 1 aliphatic heterocycles. The molecule has 0 bridgehead atoms. The lowest BCUT2D eigenvalue weighted by Crippen LogP contribution is -2.38. The van der Waals surface area contributed by atoms with Gasteiger partial charge in [0.25, 0.3) is 0 Å². The van der Waals surface area contributed by atoms with Gasteiger partial charge < -0.3 is 19.5 Å². The number of carbonyl (C=O) groups is 1. The van der Waals surface area contributed by atoms with Gasteiger partial charge in [-0.2, -0.15) is 18.3 Å². The fourth-order valence-corrected chi connectivity index (χ4v) is 3.37. The van der Waals surface area contributed by atoms with Crippen molar-refractivity contribution in [2.24, 2.45) is 0 Å². The third kappa shape index (κ3) is 3.51. The van der Waals surface area contributed by atoms with Crippen LogP contribution in [-0.2, 0) is 4.74 Å². The second kappa shape index (κ2) is 6.80. The number of fused-ring (bicyclic) bond motifs is 3. The Balaban J connectivity index is 1.52. The molecule has 0 aromatic carbocycles. The van der Waals surface area contributed by atoms with E-state index in [1.807, 2.05) is 11.0 Å². The van der Waals surface area contributed by atoms with Gasteiger partial charge in [0, 0.05) is 48.6 Å². The van der Waals surface area contributed by atoms with Gasteiger partial charge in [0.1, 0.15) is 18.3 Å². The highest BCUT2D eigenvalue weighted by Crippen LogP contribution is 2.32. The number of nitrogens with one attached hydrogen (secondary N) is 1. The van der Waals surface area contributed by atoms with Gasteiger partial charge in [-0.25, -0.2) is 9.78 Å². The number of carbonyl (C=O) groups excluding carboxylic acids is 1. The van der Waals surface area contributed by atoms with Crippen molar-refractivity contribution in [1.82, 2.24) is 25.1 Å². The molecule has 1 aliphatic rings. The molecule has 8 nitrogen and oxygen atoms in total. The van der Waals surface area contributed by atoms with Crippen LogP contribution in [0.1, 0.15) is 6.42 Å². The summed E-state index contributed by atoms with van der Waals surface area (Å²) in [4.78, 5) is 21.7. The van der Waals surface area contributed by atoms with Crippen molar-refractivity contribution in [3.05, 3.63) is 24.7 Å². The zero-order valence-electron chi connectivity index (χ0n) is 14.9. The summed E-state index contributed by atoms with van der Waals surface area (Å²) in [6, 6.07) is 1.90. The summed E-state index contributed by atoms with van der Waals surface area (Å²) in [5.41, 5.74) is 0.720. The molecule has 1 atom stereocenters. The van der Waals surface area contributed by atoms with E-state index in [0.29, 0.717) is 30.2 Å². The molecule has 28 heavy (non-hydrogen) atoms. The molecule has 148 valence electrons. The van der Waals surface area contributed by atoms with E-state index in [9.17, 15) is 18.0 Å². The number of amides is 1. The Morgan fingerprint density at radius 1 is 1.43 bits per heavy atom. The Morgan fingerprint density at radius 3 is 3.04 bits per heavy atom. The number of ether oxygens (including phenoxy) is 1. The molecule has 1 unspecified atom stereocenters. The maximum Gasteiger partial charge on any atom is 0.410 e. The van der Waals surface area contributed by atoms with Crippen molar-refractivity contribution in [2.45, 2.75) is 18.7 Å². The highest BCUT2D eigenvalue weighted by molar-refractivity contribution is 6.09. The second-order valence-corrected chi connectivity index (χ2v) is 6.71. The summed E-state index contributed by atoms with van der Waals surface area (Å²) in [5, 5.41) is 10.9. The summed E-state index contributed by atoms with van der Waals surface area (Å²) >= 11 is 0. The lowest BCUT2D eigenvalue weighted by Gasteiger charge is -2.22. The maximum atomic E-state index is 12.4. The molecule has 0 saturated carbocycles. The molecule has 1 fully saturated rings. The smallest absolute Gasteiger partial charge is 0.410 e. The molecule has 3 aromatic heterocycles. The van der Waals surface area contributed by atoms with E-state index >= 15 is 0 Å². The molecule has 1 amide bonds. The topological polar surface area (TPSA) is 87.2 Å². The average molecular weight is 394 g/mol. The molecule has 4 rings (SSSR count). The fourth-order valence-electron chi connectivity index (χ4n) is 3.37. The van der Waals surface area contributed by atoms with Crippen molar-refractivity contribution in [1.29, 1.82) is 0 Å². The number of aromatic nitrogens is 4. The van der Waals surface area contributed by atoms with Crippen molar-refractivity contribution < 1.29 is 22.7 Å². The van der Waals surface area contributed by atoms with Crippen LogP contribution in [0.25, 0.3) is 21.8 Å². The fraction of sp³-hybridized carbons (Fsp3) is 0.412. The second-order valence-electron chi connectivity index (χ2n) is 6.71. The SMILES string of the molecule is CN(CC(F)(F)F)C(=O)OC1CCN(c2nncc3cnc4[nH]ccc4c23)C1. The Morgan fingerprint density at radius 2 is 2.25 bits per heavy atom. The molecular weight excluding hydrogens is 377 g/mol. The van der Waals surface area contributed by atoms with Crippen molar-refractivity contribution in [3.63, 3.8) is 0 Å². The van der Waals surface area contributed by atoms with Crippen LogP contribution < -0.4 is 4.90 Å². The summed E-state index contributed by atoms with van der Waals surface area (Å²) in [5.74, 6) is 0.631. The Labute approximate surface area is 157 Å². The molecule has 0 aliphatic carbocycles. The summed E-state index contributed by atoms with van der Waals surface area (Å²) in [6.07, 6.45) is -0.389. The van der Waals surface area contributed by atoms with Gasteiger partial charge in [-0.1, -0.05) is 0 Å². The lowest BCUT2D eigenvalue weighted by molar-refractivity contribution is -0.140. The van der Waals surface area contributed by atoms with Crippen LogP contribution in [0.2, 0.25) is 0 Å². The Kier molecular flexibility index (Phi) is 4.44. The van der Waals surface area contributed by atoms with Crippen LogP contribution in [0.15, 0.2) is 24.7 Å². The average Bonchev–Trinajstić information content (AvgIpc) is 3.28. The predicted octanol–water partition coefficient (Wildman–Crippen LogP) is 2.72. The Bertz CT molecular complexity index is 1020.